The van der Waals surface area contributed by atoms with Crippen LogP contribution in [0.5, 0.6) is 0 Å². The van der Waals surface area contributed by atoms with Crippen LogP contribution in [0.15, 0.2) is 0 Å². The van der Waals surface area contributed by atoms with Crippen LogP contribution in [0, 0.1) is 0 Å². The van der Waals surface area contributed by atoms with Crippen molar-refractivity contribution >= 4 is 11.9 Å². The number of ether oxygens (including phenoxy) is 1. The van der Waals surface area contributed by atoms with E-state index in [2.05, 4.69) is 5.32 Å². The Morgan fingerprint density at radius 2 is 2.10 bits per heavy atom. The highest BCUT2D eigenvalue weighted by Crippen LogP contribution is 2.13. The van der Waals surface area contributed by atoms with Gasteiger partial charge >= 0.3 is 5.97 Å². The Kier molecular flexibility index (Phi) is 7.59. The van der Waals surface area contributed by atoms with Crippen molar-refractivity contribution in [1.82, 2.24) is 10.2 Å². The maximum atomic E-state index is 12.3. The second kappa shape index (κ2) is 8.95. The number of nitrogens with one attached hydrogen (secondary N) is 1. The van der Waals surface area contributed by atoms with Crippen LogP contribution in [0.1, 0.15) is 52.9 Å². The van der Waals surface area contributed by atoms with Gasteiger partial charge in [-0.15, -0.1) is 0 Å². The van der Waals surface area contributed by atoms with Crippen molar-refractivity contribution in [1.29, 1.82) is 0 Å². The normalized spacial score (nSPS) is 18.9. The minimum Gasteiger partial charge on any atom is -0.465 e. The highest BCUT2D eigenvalue weighted by molar-refractivity contribution is 5.82. The van der Waals surface area contributed by atoms with Crippen molar-refractivity contribution < 1.29 is 14.3 Å². The summed E-state index contributed by atoms with van der Waals surface area (Å²) in [5.41, 5.74) is 0. The van der Waals surface area contributed by atoms with Gasteiger partial charge in [-0.05, 0) is 46.6 Å². The first-order valence-corrected chi connectivity index (χ1v) is 7.73. The van der Waals surface area contributed by atoms with Crippen LogP contribution >= 0.6 is 0 Å². The summed E-state index contributed by atoms with van der Waals surface area (Å²) < 4.78 is 4.92. The van der Waals surface area contributed by atoms with Gasteiger partial charge in [0.15, 0.2) is 0 Å². The monoisotopic (exact) mass is 284 g/mol. The quantitative estimate of drug-likeness (QED) is 0.723. The molecule has 1 unspecified atom stereocenters. The smallest absolute Gasteiger partial charge is 0.325 e. The molecule has 0 bridgehead atoms. The van der Waals surface area contributed by atoms with Crippen molar-refractivity contribution in [2.45, 2.75) is 65.0 Å². The zero-order valence-corrected chi connectivity index (χ0v) is 13.0. The largest absolute Gasteiger partial charge is 0.465 e. The molecule has 1 aliphatic rings. The lowest BCUT2D eigenvalue weighted by molar-refractivity contribution is -0.150. The van der Waals surface area contributed by atoms with Gasteiger partial charge in [0.2, 0.25) is 5.91 Å². The zero-order valence-electron chi connectivity index (χ0n) is 13.0. The van der Waals surface area contributed by atoms with Crippen LogP contribution in [0.25, 0.3) is 0 Å². The molecule has 5 heteroatoms. The third kappa shape index (κ3) is 5.90. The van der Waals surface area contributed by atoms with Crippen molar-refractivity contribution in [3.8, 4) is 0 Å². The minimum atomic E-state index is -0.328. The van der Waals surface area contributed by atoms with Gasteiger partial charge in [-0.2, -0.15) is 0 Å². The lowest BCUT2D eigenvalue weighted by Crippen LogP contribution is -2.42. The van der Waals surface area contributed by atoms with Crippen LogP contribution in [-0.2, 0) is 14.3 Å². The van der Waals surface area contributed by atoms with Crippen LogP contribution in [0.2, 0.25) is 0 Å². The lowest BCUT2D eigenvalue weighted by Gasteiger charge is -2.28. The Bertz CT molecular complexity index is 312. The standard InChI is InChI=1S/C15H28N2O3/c1-4-20-15(19)11-17(12(2)3)14(18)9-8-13-7-5-6-10-16-13/h12-13,16H,4-11H2,1-3H3. The maximum absolute atomic E-state index is 12.3. The average molecular weight is 284 g/mol. The fourth-order valence-corrected chi connectivity index (χ4v) is 2.52. The van der Waals surface area contributed by atoms with E-state index in [9.17, 15) is 9.59 Å². The van der Waals surface area contributed by atoms with Crippen LogP contribution in [0.4, 0.5) is 0 Å². The number of carbonyl (C=O) groups excluding carboxylic acids is 2. The van der Waals surface area contributed by atoms with Crippen molar-refractivity contribution in [2.75, 3.05) is 19.7 Å². The Labute approximate surface area is 122 Å². The molecule has 1 saturated heterocycles. The molecule has 0 aliphatic carbocycles. The molecule has 0 aromatic carbocycles. The van der Waals surface area contributed by atoms with E-state index >= 15 is 0 Å². The SMILES string of the molecule is CCOC(=O)CN(C(=O)CCC1CCCCN1)C(C)C. The molecule has 116 valence electrons. The summed E-state index contributed by atoms with van der Waals surface area (Å²) in [7, 11) is 0. The first-order valence-electron chi connectivity index (χ1n) is 7.73. The fraction of sp³-hybridized carbons (Fsp3) is 0.867. The number of hydrogen-bond donors (Lipinski definition) is 1. The predicted octanol–water partition coefficient (Wildman–Crippen LogP) is 1.71. The highest BCUT2D eigenvalue weighted by Gasteiger charge is 2.22. The lowest BCUT2D eigenvalue weighted by atomic mass is 10.00. The summed E-state index contributed by atoms with van der Waals surface area (Å²) >= 11 is 0. The van der Waals surface area contributed by atoms with E-state index in [1.54, 1.807) is 11.8 Å². The molecule has 0 aromatic rings. The van der Waals surface area contributed by atoms with E-state index in [0.29, 0.717) is 19.1 Å². The second-order valence-corrected chi connectivity index (χ2v) is 5.61. The van der Waals surface area contributed by atoms with Crippen molar-refractivity contribution in [3.63, 3.8) is 0 Å². The maximum Gasteiger partial charge on any atom is 0.325 e. The van der Waals surface area contributed by atoms with E-state index in [0.717, 1.165) is 19.4 Å². The summed E-state index contributed by atoms with van der Waals surface area (Å²) in [6.45, 7) is 7.09. The van der Waals surface area contributed by atoms with E-state index in [1.165, 1.54) is 12.8 Å². The number of rotatable bonds is 7. The summed E-state index contributed by atoms with van der Waals surface area (Å²) in [6, 6.07) is 0.468. The summed E-state index contributed by atoms with van der Waals surface area (Å²) in [4.78, 5) is 25.4. The van der Waals surface area contributed by atoms with E-state index in [-0.39, 0.29) is 24.5 Å². The van der Waals surface area contributed by atoms with Gasteiger partial charge in [-0.1, -0.05) is 6.42 Å². The van der Waals surface area contributed by atoms with Gasteiger partial charge in [-0.3, -0.25) is 9.59 Å². The van der Waals surface area contributed by atoms with Gasteiger partial charge in [0.05, 0.1) is 6.61 Å². The molecule has 20 heavy (non-hydrogen) atoms. The number of nitrogens with zero attached hydrogens (tertiary/aromatic N) is 1. The van der Waals surface area contributed by atoms with E-state index < -0.39 is 0 Å². The number of esters is 1. The molecular weight excluding hydrogens is 256 g/mol. The van der Waals surface area contributed by atoms with Gasteiger partial charge in [0.25, 0.3) is 0 Å². The first kappa shape index (κ1) is 17.0. The first-order chi connectivity index (χ1) is 9.54. The molecule has 1 fully saturated rings. The predicted molar refractivity (Wildman–Crippen MR) is 78.4 cm³/mol. The number of hydrogen-bond acceptors (Lipinski definition) is 4. The van der Waals surface area contributed by atoms with Gasteiger partial charge in [0, 0.05) is 18.5 Å². The molecule has 1 amide bonds. The molecule has 1 atom stereocenters. The summed E-state index contributed by atoms with van der Waals surface area (Å²) in [5, 5.41) is 3.44. The Hall–Kier alpha value is -1.10. The molecule has 0 spiro atoms. The van der Waals surface area contributed by atoms with Crippen molar-refractivity contribution in [2.24, 2.45) is 0 Å². The molecule has 0 aromatic heterocycles. The number of carbonyl (C=O) groups is 2. The third-order valence-corrected chi connectivity index (χ3v) is 3.67. The summed E-state index contributed by atoms with van der Waals surface area (Å²) in [6.07, 6.45) is 4.96. The molecular formula is C15H28N2O3. The molecule has 5 nitrogen and oxygen atoms in total. The van der Waals surface area contributed by atoms with Crippen LogP contribution in [-0.4, -0.2) is 48.6 Å². The minimum absolute atomic E-state index is 0.0196. The van der Waals surface area contributed by atoms with E-state index in [1.807, 2.05) is 13.8 Å². The molecule has 0 saturated carbocycles. The number of amides is 1. The molecule has 1 heterocycles. The van der Waals surface area contributed by atoms with Crippen molar-refractivity contribution in [3.05, 3.63) is 0 Å². The van der Waals surface area contributed by atoms with Gasteiger partial charge in [0.1, 0.15) is 6.54 Å². The number of piperidine rings is 1. The topological polar surface area (TPSA) is 58.6 Å². The molecule has 1 N–H and O–H groups in total. The van der Waals surface area contributed by atoms with Gasteiger partial charge < -0.3 is 15.0 Å². The Morgan fingerprint density at radius 1 is 1.35 bits per heavy atom. The van der Waals surface area contributed by atoms with Crippen LogP contribution < -0.4 is 5.32 Å². The molecule has 1 aliphatic heterocycles. The Morgan fingerprint density at radius 3 is 2.65 bits per heavy atom. The molecule has 0 radical (unpaired) electrons. The summed E-state index contributed by atoms with van der Waals surface area (Å²) in [5.74, 6) is -0.286. The fourth-order valence-electron chi connectivity index (χ4n) is 2.52. The zero-order chi connectivity index (χ0) is 15.0. The average Bonchev–Trinajstić information content (AvgIpc) is 2.43. The van der Waals surface area contributed by atoms with E-state index in [4.69, 9.17) is 4.74 Å². The highest BCUT2D eigenvalue weighted by atomic mass is 16.5. The van der Waals surface area contributed by atoms with Crippen LogP contribution in [0.3, 0.4) is 0 Å². The molecule has 1 rings (SSSR count). The second-order valence-electron chi connectivity index (χ2n) is 5.61. The third-order valence-electron chi connectivity index (χ3n) is 3.67. The Balaban J connectivity index is 2.40. The van der Waals surface area contributed by atoms with Gasteiger partial charge in [-0.25, -0.2) is 0 Å².